The van der Waals surface area contributed by atoms with Crippen molar-refractivity contribution in [1.82, 2.24) is 5.06 Å². The van der Waals surface area contributed by atoms with Crippen molar-refractivity contribution in [1.29, 1.82) is 0 Å². The molecule has 0 aromatic rings. The lowest BCUT2D eigenvalue weighted by Gasteiger charge is -2.51. The molecule has 0 radical (unpaired) electrons. The highest BCUT2D eigenvalue weighted by Gasteiger charge is 2.46. The van der Waals surface area contributed by atoms with Crippen molar-refractivity contribution in [3.63, 3.8) is 0 Å². The molecular weight excluding hydrogens is 449 g/mol. The first kappa shape index (κ1) is 21.9. The van der Waals surface area contributed by atoms with Gasteiger partial charge in [0.1, 0.15) is 16.1 Å². The Bertz CT molecular complexity index is 516. The average Bonchev–Trinajstić information content (AvgIpc) is 2.52. The molecule has 3 atom stereocenters. The number of hydrogen-bond donors (Lipinski definition) is 1. The van der Waals surface area contributed by atoms with E-state index in [-0.39, 0.29) is 34.0 Å². The fourth-order valence-corrected chi connectivity index (χ4v) is 4.39. The van der Waals surface area contributed by atoms with Gasteiger partial charge in [-0.15, -0.1) is 0 Å². The molecule has 7 heteroatoms. The van der Waals surface area contributed by atoms with Crippen molar-refractivity contribution in [2.24, 2.45) is 5.92 Å². The van der Waals surface area contributed by atoms with E-state index in [1.807, 2.05) is 50.3 Å². The Labute approximate surface area is 170 Å². The summed E-state index contributed by atoms with van der Waals surface area (Å²) in [6, 6.07) is 0. The van der Waals surface area contributed by atoms with Gasteiger partial charge in [-0.25, -0.2) is 0 Å². The molecule has 1 saturated heterocycles. The van der Waals surface area contributed by atoms with Crippen molar-refractivity contribution >= 4 is 34.5 Å². The summed E-state index contributed by atoms with van der Waals surface area (Å²) in [5, 5.41) is 11.8. The standard InChI is InChI=1S/C19H32INO5/c1-12(20)16(22)25-14-8-6-7-13(9-14)17(23)26-15-10-18(2,3)21(24)19(4,5)11-15/h12-15,24H,6-11H2,1-5H3. The van der Waals surface area contributed by atoms with Crippen LogP contribution in [-0.4, -0.2) is 49.4 Å². The molecule has 6 nitrogen and oxygen atoms in total. The summed E-state index contributed by atoms with van der Waals surface area (Å²) in [5.74, 6) is -0.635. The molecule has 3 unspecified atom stereocenters. The molecule has 1 saturated carbocycles. The van der Waals surface area contributed by atoms with E-state index in [1.54, 1.807) is 6.92 Å². The first-order valence-electron chi connectivity index (χ1n) is 9.46. The van der Waals surface area contributed by atoms with Crippen LogP contribution in [0.1, 0.15) is 73.1 Å². The molecule has 2 aliphatic rings. The number of esters is 2. The van der Waals surface area contributed by atoms with Crippen LogP contribution in [0.25, 0.3) is 0 Å². The van der Waals surface area contributed by atoms with E-state index in [1.165, 1.54) is 5.06 Å². The van der Waals surface area contributed by atoms with Gasteiger partial charge >= 0.3 is 11.9 Å². The number of carbonyl (C=O) groups excluding carboxylic acids is 2. The van der Waals surface area contributed by atoms with Crippen LogP contribution in [0.2, 0.25) is 0 Å². The zero-order valence-electron chi connectivity index (χ0n) is 16.5. The van der Waals surface area contributed by atoms with Crippen LogP contribution in [0.15, 0.2) is 0 Å². The van der Waals surface area contributed by atoms with Gasteiger partial charge in [-0.05, 0) is 60.3 Å². The van der Waals surface area contributed by atoms with Crippen LogP contribution in [0, 0.1) is 5.92 Å². The van der Waals surface area contributed by atoms with Gasteiger partial charge in [0.25, 0.3) is 0 Å². The number of rotatable bonds is 4. The largest absolute Gasteiger partial charge is 0.462 e. The average molecular weight is 481 g/mol. The summed E-state index contributed by atoms with van der Waals surface area (Å²) in [4.78, 5) is 24.5. The van der Waals surface area contributed by atoms with E-state index in [0.717, 1.165) is 19.3 Å². The normalized spacial score (nSPS) is 30.4. The molecule has 150 valence electrons. The van der Waals surface area contributed by atoms with E-state index >= 15 is 0 Å². The lowest BCUT2D eigenvalue weighted by atomic mass is 9.80. The van der Waals surface area contributed by atoms with E-state index in [2.05, 4.69) is 0 Å². The molecule has 0 aromatic heterocycles. The number of alkyl halides is 1. The van der Waals surface area contributed by atoms with Gasteiger partial charge in [-0.2, -0.15) is 5.06 Å². The molecule has 0 aromatic carbocycles. The minimum atomic E-state index is -0.451. The van der Waals surface area contributed by atoms with Gasteiger partial charge in [-0.3, -0.25) is 9.59 Å². The number of ether oxygens (including phenoxy) is 2. The molecule has 1 aliphatic heterocycles. The third kappa shape index (κ3) is 5.32. The third-order valence-corrected chi connectivity index (χ3v) is 5.96. The Morgan fingerprint density at radius 3 is 2.19 bits per heavy atom. The smallest absolute Gasteiger partial charge is 0.318 e. The Morgan fingerprint density at radius 1 is 1.08 bits per heavy atom. The predicted octanol–water partition coefficient (Wildman–Crippen LogP) is 3.87. The summed E-state index contributed by atoms with van der Waals surface area (Å²) >= 11 is 2.04. The second-order valence-corrected chi connectivity index (χ2v) is 10.8. The van der Waals surface area contributed by atoms with Gasteiger partial charge in [0, 0.05) is 23.9 Å². The van der Waals surface area contributed by atoms with Crippen molar-refractivity contribution in [3.05, 3.63) is 0 Å². The van der Waals surface area contributed by atoms with Crippen molar-refractivity contribution in [2.45, 2.75) is 100 Å². The van der Waals surface area contributed by atoms with Gasteiger partial charge in [0.05, 0.1) is 5.92 Å². The molecule has 1 N–H and O–H groups in total. The second kappa shape index (κ2) is 8.31. The summed E-state index contributed by atoms with van der Waals surface area (Å²) in [6.07, 6.45) is 3.76. The Kier molecular flexibility index (Phi) is 6.99. The lowest BCUT2D eigenvalue weighted by Crippen LogP contribution is -2.60. The van der Waals surface area contributed by atoms with E-state index in [9.17, 15) is 14.8 Å². The number of piperidine rings is 1. The molecule has 2 fully saturated rings. The molecular formula is C19H32INO5. The minimum absolute atomic E-state index is 0.187. The number of hydrogen-bond acceptors (Lipinski definition) is 6. The van der Waals surface area contributed by atoms with E-state index < -0.39 is 11.1 Å². The van der Waals surface area contributed by atoms with Crippen LogP contribution in [0.4, 0.5) is 0 Å². The minimum Gasteiger partial charge on any atom is -0.462 e. The summed E-state index contributed by atoms with van der Waals surface area (Å²) < 4.78 is 11.2. The van der Waals surface area contributed by atoms with Crippen LogP contribution in [0.3, 0.4) is 0 Å². The van der Waals surface area contributed by atoms with E-state index in [4.69, 9.17) is 9.47 Å². The maximum Gasteiger partial charge on any atom is 0.318 e. The maximum absolute atomic E-state index is 12.7. The van der Waals surface area contributed by atoms with Crippen molar-refractivity contribution in [3.8, 4) is 0 Å². The van der Waals surface area contributed by atoms with E-state index in [0.29, 0.717) is 19.3 Å². The predicted molar refractivity (Wildman–Crippen MR) is 106 cm³/mol. The number of hydroxylamine groups is 2. The zero-order valence-corrected chi connectivity index (χ0v) is 18.6. The lowest BCUT2D eigenvalue weighted by molar-refractivity contribution is -0.260. The fourth-order valence-electron chi connectivity index (χ4n) is 4.25. The zero-order chi connectivity index (χ0) is 19.7. The van der Waals surface area contributed by atoms with Crippen LogP contribution >= 0.6 is 22.6 Å². The molecule has 0 bridgehead atoms. The molecule has 0 amide bonds. The molecule has 1 aliphatic carbocycles. The fraction of sp³-hybridized carbons (Fsp3) is 0.895. The van der Waals surface area contributed by atoms with Crippen molar-refractivity contribution in [2.75, 3.05) is 0 Å². The first-order chi connectivity index (χ1) is 11.9. The number of halogens is 1. The van der Waals surface area contributed by atoms with Crippen molar-refractivity contribution < 1.29 is 24.3 Å². The number of carbonyl (C=O) groups is 2. The Balaban J connectivity index is 1.93. The van der Waals surface area contributed by atoms with Crippen LogP contribution < -0.4 is 0 Å². The van der Waals surface area contributed by atoms with Gasteiger partial charge in [-0.1, -0.05) is 22.6 Å². The quantitative estimate of drug-likeness (QED) is 0.374. The van der Waals surface area contributed by atoms with Crippen LogP contribution in [-0.2, 0) is 19.1 Å². The Morgan fingerprint density at radius 2 is 1.65 bits per heavy atom. The highest BCUT2D eigenvalue weighted by atomic mass is 127. The van der Waals surface area contributed by atoms with Crippen LogP contribution in [0.5, 0.6) is 0 Å². The maximum atomic E-state index is 12.7. The summed E-state index contributed by atoms with van der Waals surface area (Å²) in [6.45, 7) is 9.62. The second-order valence-electron chi connectivity index (χ2n) is 8.94. The third-order valence-electron chi connectivity index (χ3n) is 5.45. The molecule has 1 heterocycles. The SMILES string of the molecule is CC(I)C(=O)OC1CCCC(C(=O)OC2CC(C)(C)N(O)C(C)(C)C2)C1. The topological polar surface area (TPSA) is 76.1 Å². The summed E-state index contributed by atoms with van der Waals surface area (Å²) in [7, 11) is 0. The summed E-state index contributed by atoms with van der Waals surface area (Å²) in [5.41, 5.74) is -0.901. The number of nitrogens with zero attached hydrogens (tertiary/aromatic N) is 1. The highest BCUT2D eigenvalue weighted by molar-refractivity contribution is 14.1. The van der Waals surface area contributed by atoms with Gasteiger partial charge in [0.15, 0.2) is 0 Å². The van der Waals surface area contributed by atoms with Gasteiger partial charge in [0.2, 0.25) is 0 Å². The van der Waals surface area contributed by atoms with Gasteiger partial charge < -0.3 is 14.7 Å². The first-order valence-corrected chi connectivity index (χ1v) is 10.7. The molecule has 0 spiro atoms. The Hall–Kier alpha value is -0.410. The molecule has 26 heavy (non-hydrogen) atoms. The molecule has 2 rings (SSSR count). The monoisotopic (exact) mass is 481 g/mol. The highest BCUT2D eigenvalue weighted by Crippen LogP contribution is 2.38.